The van der Waals surface area contributed by atoms with Crippen molar-refractivity contribution < 1.29 is 4.79 Å². The molecule has 0 bridgehead atoms. The van der Waals surface area contributed by atoms with Crippen LogP contribution in [0.3, 0.4) is 0 Å². The molecule has 3 rings (SSSR count). The average molecular weight is 373 g/mol. The summed E-state index contributed by atoms with van der Waals surface area (Å²) >= 11 is 4.79. The first-order valence-corrected chi connectivity index (χ1v) is 8.30. The second kappa shape index (κ2) is 6.34. The fraction of sp³-hybridized carbons (Fsp3) is 0. The quantitative estimate of drug-likeness (QED) is 0.634. The van der Waals surface area contributed by atoms with Gasteiger partial charge in [0.15, 0.2) is 0 Å². The fourth-order valence-electron chi connectivity index (χ4n) is 2.11. The summed E-state index contributed by atoms with van der Waals surface area (Å²) in [6, 6.07) is 17.2. The highest BCUT2D eigenvalue weighted by Crippen LogP contribution is 2.27. The lowest BCUT2D eigenvalue weighted by Crippen LogP contribution is -2.10. The van der Waals surface area contributed by atoms with Gasteiger partial charge in [-0.3, -0.25) is 4.79 Å². The van der Waals surface area contributed by atoms with Gasteiger partial charge >= 0.3 is 0 Å². The lowest BCUT2D eigenvalue weighted by molar-refractivity contribution is 0.103. The van der Waals surface area contributed by atoms with Gasteiger partial charge in [-0.25, -0.2) is 0 Å². The fourth-order valence-corrected chi connectivity index (χ4v) is 3.44. The Morgan fingerprint density at radius 3 is 2.55 bits per heavy atom. The lowest BCUT2D eigenvalue weighted by atomic mass is 10.1. The van der Waals surface area contributed by atoms with Crippen LogP contribution in [0.15, 0.2) is 64.5 Å². The van der Waals surface area contributed by atoms with Gasteiger partial charge in [0, 0.05) is 15.8 Å². The van der Waals surface area contributed by atoms with Crippen molar-refractivity contribution >= 4 is 44.5 Å². The monoisotopic (exact) mass is 372 g/mol. The predicted octanol–water partition coefficient (Wildman–Crippen LogP) is 5.01. The molecule has 3 aromatic rings. The number of carbonyl (C=O) groups excluding carboxylic acids is 1. The van der Waals surface area contributed by atoms with Crippen LogP contribution in [0.25, 0.3) is 11.1 Å². The second-order valence-corrected chi connectivity index (χ2v) is 6.62. The first-order valence-electron chi connectivity index (χ1n) is 6.63. The van der Waals surface area contributed by atoms with Gasteiger partial charge in [0.1, 0.15) is 0 Å². The van der Waals surface area contributed by atoms with Crippen LogP contribution in [0.1, 0.15) is 9.67 Å². The number of anilines is 2. The molecule has 0 spiro atoms. The van der Waals surface area contributed by atoms with Gasteiger partial charge in [-0.15, -0.1) is 11.3 Å². The molecule has 3 N–H and O–H groups in total. The van der Waals surface area contributed by atoms with E-state index in [1.165, 1.54) is 11.3 Å². The molecule has 0 aliphatic carbocycles. The van der Waals surface area contributed by atoms with Crippen molar-refractivity contribution in [2.24, 2.45) is 0 Å². The molecule has 110 valence electrons. The molecule has 0 saturated heterocycles. The molecule has 0 atom stereocenters. The topological polar surface area (TPSA) is 55.1 Å². The summed E-state index contributed by atoms with van der Waals surface area (Å²) in [7, 11) is 0. The zero-order valence-electron chi connectivity index (χ0n) is 11.5. The number of halogens is 1. The van der Waals surface area contributed by atoms with Crippen molar-refractivity contribution in [1.29, 1.82) is 0 Å². The number of rotatable bonds is 3. The highest BCUT2D eigenvalue weighted by Gasteiger charge is 2.11. The minimum atomic E-state index is -0.135. The SMILES string of the molecule is Nc1cc(Br)cc(NC(=O)c2cc(-c3ccccc3)cs2)c1. The maximum atomic E-state index is 12.3. The number of benzene rings is 2. The molecule has 0 aliphatic rings. The Bertz CT molecular complexity index is 794. The van der Waals surface area contributed by atoms with Crippen molar-refractivity contribution in [3.8, 4) is 11.1 Å². The second-order valence-electron chi connectivity index (χ2n) is 4.79. The third kappa shape index (κ3) is 3.37. The van der Waals surface area contributed by atoms with E-state index in [-0.39, 0.29) is 5.91 Å². The van der Waals surface area contributed by atoms with Crippen LogP contribution in [0, 0.1) is 0 Å². The van der Waals surface area contributed by atoms with Gasteiger partial charge in [-0.05, 0) is 40.8 Å². The summed E-state index contributed by atoms with van der Waals surface area (Å²) in [5.74, 6) is -0.135. The van der Waals surface area contributed by atoms with Crippen molar-refractivity contribution in [2.45, 2.75) is 0 Å². The molecule has 0 radical (unpaired) electrons. The Labute approximate surface area is 140 Å². The number of hydrogen-bond acceptors (Lipinski definition) is 3. The summed E-state index contributed by atoms with van der Waals surface area (Å²) in [6.07, 6.45) is 0. The van der Waals surface area contributed by atoms with Gasteiger partial charge < -0.3 is 11.1 Å². The Balaban J connectivity index is 1.80. The zero-order valence-corrected chi connectivity index (χ0v) is 13.9. The predicted molar refractivity (Wildman–Crippen MR) is 96.3 cm³/mol. The van der Waals surface area contributed by atoms with E-state index in [2.05, 4.69) is 21.2 Å². The third-order valence-corrected chi connectivity index (χ3v) is 4.50. The minimum absolute atomic E-state index is 0.135. The molecule has 0 fully saturated rings. The Hall–Kier alpha value is -2.11. The van der Waals surface area contributed by atoms with E-state index in [0.29, 0.717) is 16.3 Å². The van der Waals surface area contributed by atoms with Crippen LogP contribution in [0.5, 0.6) is 0 Å². The maximum absolute atomic E-state index is 12.3. The normalized spacial score (nSPS) is 10.4. The molecule has 22 heavy (non-hydrogen) atoms. The number of nitrogen functional groups attached to an aromatic ring is 1. The number of nitrogens with two attached hydrogens (primary N) is 1. The van der Waals surface area contributed by atoms with E-state index in [0.717, 1.165) is 15.6 Å². The smallest absolute Gasteiger partial charge is 0.265 e. The molecule has 3 nitrogen and oxygen atoms in total. The van der Waals surface area contributed by atoms with Crippen molar-refractivity contribution in [2.75, 3.05) is 11.1 Å². The van der Waals surface area contributed by atoms with Crippen LogP contribution in [0.4, 0.5) is 11.4 Å². The van der Waals surface area contributed by atoms with E-state index in [4.69, 9.17) is 5.73 Å². The first kappa shape index (κ1) is 14.8. The standard InChI is InChI=1S/C17H13BrN2OS/c18-13-7-14(19)9-15(8-13)20-17(21)16-6-12(10-22-16)11-4-2-1-3-5-11/h1-10H,19H2,(H,20,21). The summed E-state index contributed by atoms with van der Waals surface area (Å²) in [5.41, 5.74) is 9.19. The molecule has 0 unspecified atom stereocenters. The number of amides is 1. The van der Waals surface area contributed by atoms with Crippen LogP contribution < -0.4 is 11.1 Å². The molecular weight excluding hydrogens is 360 g/mol. The highest BCUT2D eigenvalue weighted by atomic mass is 79.9. The molecule has 0 aliphatic heterocycles. The first-order chi connectivity index (χ1) is 10.6. The van der Waals surface area contributed by atoms with Gasteiger partial charge in [0.2, 0.25) is 0 Å². The summed E-state index contributed by atoms with van der Waals surface area (Å²) in [4.78, 5) is 13.0. The van der Waals surface area contributed by atoms with E-state index < -0.39 is 0 Å². The van der Waals surface area contributed by atoms with Crippen LogP contribution in [-0.4, -0.2) is 5.91 Å². The van der Waals surface area contributed by atoms with Gasteiger partial charge in [0.25, 0.3) is 5.91 Å². The molecule has 1 heterocycles. The summed E-state index contributed by atoms with van der Waals surface area (Å²) in [6.45, 7) is 0. The Morgan fingerprint density at radius 1 is 1.05 bits per heavy atom. The zero-order chi connectivity index (χ0) is 15.5. The summed E-state index contributed by atoms with van der Waals surface area (Å²) in [5, 5.41) is 4.85. The van der Waals surface area contributed by atoms with Crippen molar-refractivity contribution in [3.63, 3.8) is 0 Å². The van der Waals surface area contributed by atoms with Gasteiger partial charge in [-0.1, -0.05) is 46.3 Å². The molecule has 5 heteroatoms. The van der Waals surface area contributed by atoms with E-state index >= 15 is 0 Å². The number of thiophene rings is 1. The number of hydrogen-bond donors (Lipinski definition) is 2. The van der Waals surface area contributed by atoms with E-state index in [1.807, 2.05) is 47.8 Å². The third-order valence-electron chi connectivity index (χ3n) is 3.11. The maximum Gasteiger partial charge on any atom is 0.265 e. The Kier molecular flexibility index (Phi) is 4.27. The number of carbonyl (C=O) groups is 1. The van der Waals surface area contributed by atoms with E-state index in [9.17, 15) is 4.79 Å². The minimum Gasteiger partial charge on any atom is -0.399 e. The van der Waals surface area contributed by atoms with Gasteiger partial charge in [-0.2, -0.15) is 0 Å². The van der Waals surface area contributed by atoms with Crippen molar-refractivity contribution in [1.82, 2.24) is 0 Å². The summed E-state index contributed by atoms with van der Waals surface area (Å²) < 4.78 is 0.832. The Morgan fingerprint density at radius 2 is 1.82 bits per heavy atom. The van der Waals surface area contributed by atoms with Crippen LogP contribution in [-0.2, 0) is 0 Å². The largest absolute Gasteiger partial charge is 0.399 e. The molecular formula is C17H13BrN2OS. The van der Waals surface area contributed by atoms with Crippen LogP contribution >= 0.6 is 27.3 Å². The molecule has 1 amide bonds. The van der Waals surface area contributed by atoms with E-state index in [1.54, 1.807) is 12.1 Å². The molecule has 0 saturated carbocycles. The highest BCUT2D eigenvalue weighted by molar-refractivity contribution is 9.10. The van der Waals surface area contributed by atoms with Crippen molar-refractivity contribution in [3.05, 3.63) is 69.3 Å². The average Bonchev–Trinajstić information content (AvgIpc) is 2.97. The molecule has 1 aromatic heterocycles. The van der Waals surface area contributed by atoms with Gasteiger partial charge in [0.05, 0.1) is 4.88 Å². The molecule has 2 aromatic carbocycles. The number of nitrogens with one attached hydrogen (secondary N) is 1. The van der Waals surface area contributed by atoms with Crippen LogP contribution in [0.2, 0.25) is 0 Å². The lowest BCUT2D eigenvalue weighted by Gasteiger charge is -2.05.